The van der Waals surface area contributed by atoms with E-state index in [9.17, 15) is 0 Å². The summed E-state index contributed by atoms with van der Waals surface area (Å²) in [5, 5.41) is 7.74. The van der Waals surface area contributed by atoms with Crippen LogP contribution in [0.1, 0.15) is 17.1 Å². The Labute approximate surface area is 123 Å². The van der Waals surface area contributed by atoms with E-state index in [0.717, 1.165) is 35.9 Å². The molecule has 2 heterocycles. The van der Waals surface area contributed by atoms with Gasteiger partial charge in [-0.3, -0.25) is 0 Å². The molecule has 5 heteroatoms. The zero-order chi connectivity index (χ0) is 14.5. The van der Waals surface area contributed by atoms with Crippen molar-refractivity contribution >= 4 is 0 Å². The number of aromatic nitrogens is 4. The molecule has 0 spiro atoms. The zero-order valence-corrected chi connectivity index (χ0v) is 11.9. The summed E-state index contributed by atoms with van der Waals surface area (Å²) in [4.78, 5) is 8.45. The quantitative estimate of drug-likeness (QED) is 0.778. The molecular formula is C16H17N5. The highest BCUT2D eigenvalue weighted by Gasteiger charge is 2.01. The second kappa shape index (κ2) is 6.28. The first-order valence-electron chi connectivity index (χ1n) is 6.89. The molecule has 0 aliphatic heterocycles. The summed E-state index contributed by atoms with van der Waals surface area (Å²) < 4.78 is 1.88. The van der Waals surface area contributed by atoms with Gasteiger partial charge in [0.15, 0.2) is 0 Å². The average molecular weight is 279 g/mol. The second-order valence-corrected chi connectivity index (χ2v) is 4.83. The summed E-state index contributed by atoms with van der Waals surface area (Å²) in [6.45, 7) is 3.38. The maximum Gasteiger partial charge on any atom is 0.125 e. The van der Waals surface area contributed by atoms with Crippen LogP contribution in [0.25, 0.3) is 5.69 Å². The Bertz CT molecular complexity index is 705. The van der Waals surface area contributed by atoms with Gasteiger partial charge in [0.05, 0.1) is 17.6 Å². The number of para-hydroxylation sites is 1. The lowest BCUT2D eigenvalue weighted by molar-refractivity contribution is 0.675. The van der Waals surface area contributed by atoms with Gasteiger partial charge in [-0.2, -0.15) is 5.10 Å². The molecule has 0 amide bonds. The van der Waals surface area contributed by atoms with E-state index in [1.165, 1.54) is 0 Å². The minimum absolute atomic E-state index is 0.722. The minimum Gasteiger partial charge on any atom is -0.307 e. The summed E-state index contributed by atoms with van der Waals surface area (Å²) in [5.74, 6) is 0.797. The fourth-order valence-electron chi connectivity index (χ4n) is 2.11. The molecule has 1 aromatic carbocycles. The third-order valence-corrected chi connectivity index (χ3v) is 3.13. The lowest BCUT2D eigenvalue weighted by atomic mass is 10.3. The molecule has 1 N–H and O–H groups in total. The molecule has 0 radical (unpaired) electrons. The molecule has 106 valence electrons. The van der Waals surface area contributed by atoms with Gasteiger partial charge in [-0.15, -0.1) is 0 Å². The van der Waals surface area contributed by atoms with Crippen LogP contribution in [0.4, 0.5) is 0 Å². The molecule has 21 heavy (non-hydrogen) atoms. The van der Waals surface area contributed by atoms with Gasteiger partial charge in [0.2, 0.25) is 0 Å². The van der Waals surface area contributed by atoms with Crippen LogP contribution >= 0.6 is 0 Å². The van der Waals surface area contributed by atoms with Crippen LogP contribution in [-0.2, 0) is 13.1 Å². The van der Waals surface area contributed by atoms with E-state index in [1.54, 1.807) is 6.20 Å². The van der Waals surface area contributed by atoms with Crippen LogP contribution in [-0.4, -0.2) is 19.7 Å². The highest BCUT2D eigenvalue weighted by molar-refractivity contribution is 5.30. The molecule has 5 nitrogen and oxygen atoms in total. The first-order valence-corrected chi connectivity index (χ1v) is 6.89. The summed E-state index contributed by atoms with van der Waals surface area (Å²) in [7, 11) is 0. The fraction of sp³-hybridized carbons (Fsp3) is 0.188. The number of benzene rings is 1. The van der Waals surface area contributed by atoms with E-state index in [-0.39, 0.29) is 0 Å². The van der Waals surface area contributed by atoms with Crippen molar-refractivity contribution in [1.82, 2.24) is 25.1 Å². The predicted molar refractivity (Wildman–Crippen MR) is 80.9 cm³/mol. The summed E-state index contributed by atoms with van der Waals surface area (Å²) in [6.07, 6.45) is 5.70. The molecule has 0 saturated heterocycles. The van der Waals surface area contributed by atoms with Gasteiger partial charge >= 0.3 is 0 Å². The van der Waals surface area contributed by atoms with Gasteiger partial charge in [0, 0.05) is 31.0 Å². The van der Waals surface area contributed by atoms with E-state index in [2.05, 4.69) is 20.4 Å². The van der Waals surface area contributed by atoms with Crippen LogP contribution < -0.4 is 5.32 Å². The Balaban J connectivity index is 1.58. The number of hydrogen-bond donors (Lipinski definition) is 1. The first kappa shape index (κ1) is 13.5. The van der Waals surface area contributed by atoms with E-state index < -0.39 is 0 Å². The Morgan fingerprint density at radius 2 is 1.95 bits per heavy atom. The van der Waals surface area contributed by atoms with Gasteiger partial charge in [0.25, 0.3) is 0 Å². The SMILES string of the molecule is Cc1nccc(CNCc2cnn(-c3ccccc3)c2)n1. The first-order chi connectivity index (χ1) is 10.3. The minimum atomic E-state index is 0.722. The molecule has 0 atom stereocenters. The van der Waals surface area contributed by atoms with E-state index in [4.69, 9.17) is 0 Å². The van der Waals surface area contributed by atoms with Crippen molar-refractivity contribution in [2.45, 2.75) is 20.0 Å². The number of rotatable bonds is 5. The Morgan fingerprint density at radius 3 is 2.76 bits per heavy atom. The largest absolute Gasteiger partial charge is 0.307 e. The fourth-order valence-corrected chi connectivity index (χ4v) is 2.11. The summed E-state index contributed by atoms with van der Waals surface area (Å²) >= 11 is 0. The molecule has 2 aromatic heterocycles. The lowest BCUT2D eigenvalue weighted by Gasteiger charge is -2.03. The Morgan fingerprint density at radius 1 is 1.10 bits per heavy atom. The van der Waals surface area contributed by atoms with Crippen molar-refractivity contribution in [3.63, 3.8) is 0 Å². The molecule has 3 rings (SSSR count). The van der Waals surface area contributed by atoms with E-state index in [0.29, 0.717) is 0 Å². The van der Waals surface area contributed by atoms with Crippen molar-refractivity contribution in [2.75, 3.05) is 0 Å². The lowest BCUT2D eigenvalue weighted by Crippen LogP contribution is -2.13. The summed E-state index contributed by atoms with van der Waals surface area (Å²) in [5.41, 5.74) is 3.21. The molecule has 0 aliphatic carbocycles. The molecule has 0 unspecified atom stereocenters. The van der Waals surface area contributed by atoms with Crippen molar-refractivity contribution in [1.29, 1.82) is 0 Å². The number of hydrogen-bond acceptors (Lipinski definition) is 4. The Kier molecular flexibility index (Phi) is 4.02. The van der Waals surface area contributed by atoms with E-state index >= 15 is 0 Å². The summed E-state index contributed by atoms with van der Waals surface area (Å²) in [6, 6.07) is 12.0. The number of nitrogens with one attached hydrogen (secondary N) is 1. The van der Waals surface area contributed by atoms with Crippen LogP contribution in [0.3, 0.4) is 0 Å². The van der Waals surface area contributed by atoms with Crippen LogP contribution in [0, 0.1) is 6.92 Å². The van der Waals surface area contributed by atoms with Gasteiger partial charge in [-0.05, 0) is 25.1 Å². The average Bonchev–Trinajstić information content (AvgIpc) is 2.97. The highest BCUT2D eigenvalue weighted by atomic mass is 15.3. The zero-order valence-electron chi connectivity index (χ0n) is 11.9. The molecule has 0 aliphatic rings. The maximum atomic E-state index is 4.38. The maximum absolute atomic E-state index is 4.38. The van der Waals surface area contributed by atoms with Gasteiger partial charge in [-0.25, -0.2) is 14.6 Å². The molecule has 0 fully saturated rings. The number of aryl methyl sites for hydroxylation is 1. The van der Waals surface area contributed by atoms with Crippen molar-refractivity contribution in [2.24, 2.45) is 0 Å². The molecule has 0 bridgehead atoms. The third kappa shape index (κ3) is 3.52. The van der Waals surface area contributed by atoms with Crippen molar-refractivity contribution in [3.05, 3.63) is 72.1 Å². The molecule has 0 saturated carbocycles. The van der Waals surface area contributed by atoms with E-state index in [1.807, 2.05) is 60.4 Å². The van der Waals surface area contributed by atoms with Gasteiger partial charge < -0.3 is 5.32 Å². The van der Waals surface area contributed by atoms with Crippen molar-refractivity contribution in [3.8, 4) is 5.69 Å². The smallest absolute Gasteiger partial charge is 0.125 e. The van der Waals surface area contributed by atoms with Crippen LogP contribution in [0.2, 0.25) is 0 Å². The highest BCUT2D eigenvalue weighted by Crippen LogP contribution is 2.07. The Hall–Kier alpha value is -2.53. The standard InChI is InChI=1S/C16H17N5/c1-13-18-8-7-15(20-13)11-17-9-14-10-19-21(12-14)16-5-3-2-4-6-16/h2-8,10,12,17H,9,11H2,1H3. The third-order valence-electron chi connectivity index (χ3n) is 3.13. The molecular weight excluding hydrogens is 262 g/mol. The monoisotopic (exact) mass is 279 g/mol. The predicted octanol–water partition coefficient (Wildman–Crippen LogP) is 2.26. The second-order valence-electron chi connectivity index (χ2n) is 4.83. The van der Waals surface area contributed by atoms with Gasteiger partial charge in [0.1, 0.15) is 5.82 Å². The van der Waals surface area contributed by atoms with Crippen LogP contribution in [0.5, 0.6) is 0 Å². The van der Waals surface area contributed by atoms with Crippen LogP contribution in [0.15, 0.2) is 55.0 Å². The van der Waals surface area contributed by atoms with Crippen molar-refractivity contribution < 1.29 is 0 Å². The number of nitrogens with zero attached hydrogens (tertiary/aromatic N) is 4. The normalized spacial score (nSPS) is 10.7. The molecule has 3 aromatic rings. The topological polar surface area (TPSA) is 55.6 Å². The van der Waals surface area contributed by atoms with Gasteiger partial charge in [-0.1, -0.05) is 18.2 Å².